The Hall–Kier alpha value is -6.42. The molecule has 2 saturated carbocycles. The van der Waals surface area contributed by atoms with Crippen molar-refractivity contribution in [1.82, 2.24) is 0 Å². The lowest BCUT2D eigenvalue weighted by Gasteiger charge is -2.41. The molecule has 0 bridgehead atoms. The molecule has 2 aliphatic heterocycles. The van der Waals surface area contributed by atoms with E-state index in [0.717, 1.165) is 45.1 Å². The van der Waals surface area contributed by atoms with Crippen LogP contribution in [0.15, 0.2) is 144 Å². The molecule has 308 valence electrons. The normalized spacial score (nSPS) is 26.0. The summed E-state index contributed by atoms with van der Waals surface area (Å²) in [4.78, 5) is 63.1. The number of hydrogen-bond donors (Lipinski definition) is 0. The molecule has 0 aromatic heterocycles. The van der Waals surface area contributed by atoms with Gasteiger partial charge in [0.15, 0.2) is 10.8 Å². The molecular formula is C50H50N2O8. The van der Waals surface area contributed by atoms with Gasteiger partial charge in [0.05, 0.1) is 50.6 Å². The number of allylic oxidation sites excluding steroid dienone is 2. The SMILES string of the molecule is C=C[C@H]1CC(C(=O)OC)(C(=O)OC)[C@@H](c2ccccc2)[C@]12C(C)=Nc1ccccc12.C=C[C@H]1CC(C(=O)OC)(C(=O)OC)[C@@H](c2ccccc2)[C@]12C(C)=Nc1ccccc12. The summed E-state index contributed by atoms with van der Waals surface area (Å²) in [5.41, 5.74) is 2.70. The van der Waals surface area contributed by atoms with Gasteiger partial charge in [-0.05, 0) is 72.9 Å². The fourth-order valence-corrected chi connectivity index (χ4v) is 11.5. The van der Waals surface area contributed by atoms with Crippen molar-refractivity contribution in [1.29, 1.82) is 0 Å². The molecule has 2 spiro atoms. The van der Waals surface area contributed by atoms with E-state index in [4.69, 9.17) is 28.9 Å². The predicted molar refractivity (Wildman–Crippen MR) is 230 cm³/mol. The number of ether oxygens (including phenoxy) is 4. The second-order valence-electron chi connectivity index (χ2n) is 15.9. The molecule has 10 heteroatoms. The van der Waals surface area contributed by atoms with Gasteiger partial charge in [0.25, 0.3) is 0 Å². The fraction of sp³-hybridized carbons (Fsp3) is 0.320. The molecule has 4 aromatic carbocycles. The number of benzene rings is 4. The van der Waals surface area contributed by atoms with Crippen LogP contribution in [0.2, 0.25) is 0 Å². The Kier molecular flexibility index (Phi) is 11.1. The van der Waals surface area contributed by atoms with Crippen LogP contribution in [-0.2, 0) is 49.0 Å². The van der Waals surface area contributed by atoms with Crippen LogP contribution in [0.1, 0.15) is 60.8 Å². The maximum Gasteiger partial charge on any atom is 0.323 e. The van der Waals surface area contributed by atoms with E-state index in [-0.39, 0.29) is 24.7 Å². The Morgan fingerprint density at radius 2 is 0.817 bits per heavy atom. The number of rotatable bonds is 8. The molecule has 6 atom stereocenters. The molecular weight excluding hydrogens is 757 g/mol. The third kappa shape index (κ3) is 5.59. The van der Waals surface area contributed by atoms with Crippen molar-refractivity contribution in [3.63, 3.8) is 0 Å². The molecule has 60 heavy (non-hydrogen) atoms. The lowest BCUT2D eigenvalue weighted by Crippen LogP contribution is -2.49. The Labute approximate surface area is 351 Å². The summed E-state index contributed by atoms with van der Waals surface area (Å²) >= 11 is 0. The van der Waals surface area contributed by atoms with Crippen LogP contribution in [0.3, 0.4) is 0 Å². The van der Waals surface area contributed by atoms with Crippen molar-refractivity contribution < 1.29 is 38.1 Å². The van der Waals surface area contributed by atoms with Crippen LogP contribution in [0.5, 0.6) is 0 Å². The Morgan fingerprint density at radius 3 is 1.12 bits per heavy atom. The van der Waals surface area contributed by atoms with Gasteiger partial charge in [-0.3, -0.25) is 29.2 Å². The fourth-order valence-electron chi connectivity index (χ4n) is 11.5. The summed E-state index contributed by atoms with van der Waals surface area (Å²) in [5.74, 6) is -3.91. The van der Waals surface area contributed by atoms with Gasteiger partial charge in [-0.15, -0.1) is 13.2 Å². The summed E-state index contributed by atoms with van der Waals surface area (Å²) in [5, 5.41) is 0. The number of hydrogen-bond acceptors (Lipinski definition) is 10. The molecule has 0 amide bonds. The van der Waals surface area contributed by atoms with Gasteiger partial charge in [0.1, 0.15) is 0 Å². The number of para-hydroxylation sites is 2. The molecule has 0 unspecified atom stereocenters. The smallest absolute Gasteiger partial charge is 0.323 e. The van der Waals surface area contributed by atoms with Gasteiger partial charge < -0.3 is 18.9 Å². The van der Waals surface area contributed by atoms with E-state index < -0.39 is 57.4 Å². The molecule has 4 aliphatic rings. The maximum absolute atomic E-state index is 13.3. The van der Waals surface area contributed by atoms with Gasteiger partial charge >= 0.3 is 23.9 Å². The average Bonchev–Trinajstić information content (AvgIpc) is 3.99. The second-order valence-corrected chi connectivity index (χ2v) is 15.9. The highest BCUT2D eigenvalue weighted by atomic mass is 16.6. The van der Waals surface area contributed by atoms with E-state index in [9.17, 15) is 19.2 Å². The first-order valence-corrected chi connectivity index (χ1v) is 20.0. The number of esters is 4. The monoisotopic (exact) mass is 806 g/mol. The lowest BCUT2D eigenvalue weighted by molar-refractivity contribution is -0.172. The third-order valence-corrected chi connectivity index (χ3v) is 13.7. The van der Waals surface area contributed by atoms with Crippen LogP contribution in [0.25, 0.3) is 0 Å². The molecule has 4 aromatic rings. The molecule has 0 N–H and O–H groups in total. The summed E-state index contributed by atoms with van der Waals surface area (Å²) in [6.45, 7) is 12.1. The summed E-state index contributed by atoms with van der Waals surface area (Å²) in [6.07, 6.45) is 4.14. The molecule has 2 aliphatic carbocycles. The van der Waals surface area contributed by atoms with Crippen molar-refractivity contribution in [2.75, 3.05) is 28.4 Å². The summed E-state index contributed by atoms with van der Waals surface area (Å²) in [7, 11) is 5.25. The van der Waals surface area contributed by atoms with Gasteiger partial charge in [-0.1, -0.05) is 109 Å². The average molecular weight is 807 g/mol. The Balaban J connectivity index is 0.000000181. The topological polar surface area (TPSA) is 130 Å². The molecule has 0 saturated heterocycles. The molecule has 2 fully saturated rings. The Bertz CT molecular complexity index is 2220. The van der Waals surface area contributed by atoms with Gasteiger partial charge in [-0.25, -0.2) is 0 Å². The van der Waals surface area contributed by atoms with Crippen LogP contribution >= 0.6 is 0 Å². The molecule has 10 nitrogen and oxygen atoms in total. The zero-order valence-electron chi connectivity index (χ0n) is 34.8. The number of nitrogens with zero attached hydrogens (tertiary/aromatic N) is 2. The van der Waals surface area contributed by atoms with Gasteiger partial charge in [0.2, 0.25) is 0 Å². The number of carbonyl (C=O) groups is 4. The van der Waals surface area contributed by atoms with Crippen LogP contribution in [0.4, 0.5) is 11.4 Å². The molecule has 2 heterocycles. The zero-order chi connectivity index (χ0) is 43.0. The first-order valence-electron chi connectivity index (χ1n) is 20.0. The van der Waals surface area contributed by atoms with Crippen LogP contribution in [0, 0.1) is 22.7 Å². The van der Waals surface area contributed by atoms with Crippen molar-refractivity contribution >= 4 is 46.7 Å². The van der Waals surface area contributed by atoms with E-state index in [1.54, 1.807) is 0 Å². The summed E-state index contributed by atoms with van der Waals surface area (Å²) < 4.78 is 20.9. The van der Waals surface area contributed by atoms with Crippen LogP contribution in [-0.4, -0.2) is 63.7 Å². The highest BCUT2D eigenvalue weighted by Crippen LogP contribution is 2.69. The minimum Gasteiger partial charge on any atom is -0.468 e. The largest absolute Gasteiger partial charge is 0.468 e. The van der Waals surface area contributed by atoms with Crippen molar-refractivity contribution in [3.8, 4) is 0 Å². The van der Waals surface area contributed by atoms with Crippen molar-refractivity contribution in [2.24, 2.45) is 32.7 Å². The second kappa shape index (κ2) is 16.0. The number of carbonyl (C=O) groups excluding carboxylic acids is 4. The van der Waals surface area contributed by atoms with E-state index in [1.807, 2.05) is 135 Å². The van der Waals surface area contributed by atoms with E-state index in [2.05, 4.69) is 13.2 Å². The van der Waals surface area contributed by atoms with Crippen molar-refractivity contribution in [2.45, 2.75) is 49.4 Å². The Morgan fingerprint density at radius 1 is 0.517 bits per heavy atom. The number of methoxy groups -OCH3 is 4. The van der Waals surface area contributed by atoms with Gasteiger partial charge in [0, 0.05) is 23.3 Å². The highest BCUT2D eigenvalue weighted by Gasteiger charge is 2.74. The lowest BCUT2D eigenvalue weighted by atomic mass is 9.59. The standard InChI is InChI=1S/2C25H25NO4/c2*1-5-18-15-24(22(27)29-3,23(28)30-4)21(17-11-7-6-8-12-17)25(18)16(2)26-20-14-10-9-13-19(20)25/h2*5-14,18,21H,1,15H2,2-4H3/t2*18-,21+,25+/m00/s1. The number of aliphatic imine (C=N–C) groups is 2. The van der Waals surface area contributed by atoms with Gasteiger partial charge in [-0.2, -0.15) is 0 Å². The predicted octanol–water partition coefficient (Wildman–Crippen LogP) is 8.71. The molecule has 8 rings (SSSR count). The maximum atomic E-state index is 13.3. The molecule has 0 radical (unpaired) electrons. The first kappa shape index (κ1) is 41.7. The highest BCUT2D eigenvalue weighted by molar-refractivity contribution is 6.10. The minimum atomic E-state index is -1.52. The third-order valence-electron chi connectivity index (χ3n) is 13.7. The van der Waals surface area contributed by atoms with Crippen molar-refractivity contribution in [3.05, 3.63) is 157 Å². The van der Waals surface area contributed by atoms with Crippen LogP contribution < -0.4 is 0 Å². The van der Waals surface area contributed by atoms with E-state index in [0.29, 0.717) is 0 Å². The quantitative estimate of drug-likeness (QED) is 0.0749. The van der Waals surface area contributed by atoms with E-state index in [1.165, 1.54) is 28.4 Å². The van der Waals surface area contributed by atoms with E-state index >= 15 is 0 Å². The zero-order valence-corrected chi connectivity index (χ0v) is 34.8. The number of fused-ring (bicyclic) bond motifs is 4. The first-order chi connectivity index (χ1) is 29.0. The minimum absolute atomic E-state index is 0.215. The summed E-state index contributed by atoms with van der Waals surface area (Å²) in [6, 6.07) is 35.1.